The Hall–Kier alpha value is -2.28. The topological polar surface area (TPSA) is 20.2 Å². The van der Waals surface area contributed by atoms with Crippen LogP contribution < -0.4 is 0 Å². The van der Waals surface area contributed by atoms with Crippen molar-refractivity contribution in [2.24, 2.45) is 0 Å². The summed E-state index contributed by atoms with van der Waals surface area (Å²) >= 11 is 0. The van der Waals surface area contributed by atoms with Gasteiger partial charge in [0.1, 0.15) is 5.75 Å². The van der Waals surface area contributed by atoms with Gasteiger partial charge in [-0.1, -0.05) is 61.5 Å². The highest BCUT2D eigenvalue weighted by Gasteiger charge is 2.11. The van der Waals surface area contributed by atoms with E-state index in [4.69, 9.17) is 0 Å². The number of aromatic hydroxyl groups is 1. The van der Waals surface area contributed by atoms with Crippen molar-refractivity contribution in [3.63, 3.8) is 0 Å². The lowest BCUT2D eigenvalue weighted by Crippen LogP contribution is -1.96. The first-order valence-corrected chi connectivity index (χ1v) is 6.52. The van der Waals surface area contributed by atoms with Crippen molar-refractivity contribution >= 4 is 10.8 Å². The molecule has 0 amide bonds. The first kappa shape index (κ1) is 11.8. The third-order valence-corrected chi connectivity index (χ3v) is 3.66. The summed E-state index contributed by atoms with van der Waals surface area (Å²) < 4.78 is 0. The maximum absolute atomic E-state index is 9.58. The van der Waals surface area contributed by atoms with Gasteiger partial charge in [-0.3, -0.25) is 0 Å². The van der Waals surface area contributed by atoms with Crippen LogP contribution in [0.5, 0.6) is 5.75 Å². The van der Waals surface area contributed by atoms with Crippen molar-refractivity contribution in [1.29, 1.82) is 0 Å². The van der Waals surface area contributed by atoms with Crippen LogP contribution in [-0.4, -0.2) is 5.11 Å². The van der Waals surface area contributed by atoms with Crippen LogP contribution in [-0.2, 0) is 0 Å². The molecule has 0 bridgehead atoms. The van der Waals surface area contributed by atoms with E-state index in [-0.39, 0.29) is 0 Å². The summed E-state index contributed by atoms with van der Waals surface area (Å²) in [7, 11) is 0. The van der Waals surface area contributed by atoms with Gasteiger partial charge in [0, 0.05) is 5.92 Å². The number of hydrogen-bond donors (Lipinski definition) is 1. The zero-order valence-electron chi connectivity index (χ0n) is 10.9. The molecule has 0 aliphatic carbocycles. The fourth-order valence-electron chi connectivity index (χ4n) is 2.59. The molecule has 0 heterocycles. The number of phenolic OH excluding ortho intramolecular Hbond substituents is 1. The summed E-state index contributed by atoms with van der Waals surface area (Å²) in [6, 6.07) is 22.3. The minimum atomic E-state index is 0.317. The van der Waals surface area contributed by atoms with E-state index in [9.17, 15) is 5.11 Å². The second kappa shape index (κ2) is 4.77. The highest BCUT2D eigenvalue weighted by molar-refractivity contribution is 5.87. The zero-order valence-corrected chi connectivity index (χ0v) is 10.9. The molecule has 3 rings (SSSR count). The molecule has 1 nitrogen and oxygen atoms in total. The van der Waals surface area contributed by atoms with Crippen molar-refractivity contribution in [1.82, 2.24) is 0 Å². The normalized spacial score (nSPS) is 12.5. The number of benzene rings is 3. The Morgan fingerprint density at radius 2 is 1.63 bits per heavy atom. The molecule has 94 valence electrons. The summed E-state index contributed by atoms with van der Waals surface area (Å²) in [6.07, 6.45) is 0. The molecule has 3 aromatic carbocycles. The summed E-state index contributed by atoms with van der Waals surface area (Å²) in [5.41, 5.74) is 2.60. The molecule has 0 saturated carbocycles. The summed E-state index contributed by atoms with van der Waals surface area (Å²) in [5, 5.41) is 11.9. The van der Waals surface area contributed by atoms with E-state index in [1.807, 2.05) is 24.3 Å². The second-order valence-corrected chi connectivity index (χ2v) is 4.89. The lowest BCUT2D eigenvalue weighted by molar-refractivity contribution is 0.476. The maximum atomic E-state index is 9.58. The van der Waals surface area contributed by atoms with Crippen LogP contribution in [0, 0.1) is 0 Å². The van der Waals surface area contributed by atoms with Gasteiger partial charge >= 0.3 is 0 Å². The fraction of sp³-hybridized carbons (Fsp3) is 0.111. The Morgan fingerprint density at radius 1 is 0.842 bits per heavy atom. The molecule has 19 heavy (non-hydrogen) atoms. The van der Waals surface area contributed by atoms with Gasteiger partial charge in [0.05, 0.1) is 0 Å². The van der Waals surface area contributed by atoms with Gasteiger partial charge in [-0.05, 0) is 34.0 Å². The van der Waals surface area contributed by atoms with Crippen LogP contribution in [0.25, 0.3) is 10.8 Å². The number of rotatable bonds is 2. The van der Waals surface area contributed by atoms with Gasteiger partial charge in [0.25, 0.3) is 0 Å². The third kappa shape index (κ3) is 2.19. The Bertz CT molecular complexity index is 701. The second-order valence-electron chi connectivity index (χ2n) is 4.89. The number of phenols is 1. The first-order chi connectivity index (χ1) is 9.25. The minimum Gasteiger partial charge on any atom is -0.508 e. The zero-order chi connectivity index (χ0) is 13.2. The Morgan fingerprint density at radius 3 is 2.42 bits per heavy atom. The van der Waals surface area contributed by atoms with Crippen molar-refractivity contribution < 1.29 is 5.11 Å². The molecule has 0 radical (unpaired) electrons. The largest absolute Gasteiger partial charge is 0.508 e. The number of hydrogen-bond acceptors (Lipinski definition) is 1. The van der Waals surface area contributed by atoms with Crippen LogP contribution in [0.15, 0.2) is 66.7 Å². The fourth-order valence-corrected chi connectivity index (χ4v) is 2.59. The van der Waals surface area contributed by atoms with Crippen molar-refractivity contribution in [3.8, 4) is 5.75 Å². The lowest BCUT2D eigenvalue weighted by Gasteiger charge is -2.15. The van der Waals surface area contributed by atoms with Gasteiger partial charge in [-0.15, -0.1) is 0 Å². The molecule has 1 atom stereocenters. The highest BCUT2D eigenvalue weighted by atomic mass is 16.3. The molecule has 0 aromatic heterocycles. The smallest absolute Gasteiger partial charge is 0.116 e. The van der Waals surface area contributed by atoms with Gasteiger partial charge in [0.2, 0.25) is 0 Å². The minimum absolute atomic E-state index is 0.317. The molecule has 0 saturated heterocycles. The van der Waals surface area contributed by atoms with Gasteiger partial charge in [0.15, 0.2) is 0 Å². The van der Waals surface area contributed by atoms with Gasteiger partial charge in [-0.25, -0.2) is 0 Å². The van der Waals surface area contributed by atoms with E-state index >= 15 is 0 Å². The molecule has 0 aliphatic heterocycles. The molecule has 1 unspecified atom stereocenters. The third-order valence-electron chi connectivity index (χ3n) is 3.66. The Labute approximate surface area is 113 Å². The molecule has 1 N–H and O–H groups in total. The van der Waals surface area contributed by atoms with E-state index in [1.165, 1.54) is 16.5 Å². The van der Waals surface area contributed by atoms with Crippen LogP contribution in [0.3, 0.4) is 0 Å². The van der Waals surface area contributed by atoms with E-state index < -0.39 is 0 Å². The Kier molecular flexibility index (Phi) is 2.96. The summed E-state index contributed by atoms with van der Waals surface area (Å²) in [5.74, 6) is 0.659. The Balaban J connectivity index is 2.15. The lowest BCUT2D eigenvalue weighted by atomic mass is 9.89. The van der Waals surface area contributed by atoms with Crippen LogP contribution in [0.1, 0.15) is 24.0 Å². The van der Waals surface area contributed by atoms with E-state index in [2.05, 4.69) is 43.3 Å². The predicted octanol–water partition coefficient (Wildman–Crippen LogP) is 4.70. The first-order valence-electron chi connectivity index (χ1n) is 6.52. The van der Waals surface area contributed by atoms with Crippen LogP contribution >= 0.6 is 0 Å². The van der Waals surface area contributed by atoms with Crippen molar-refractivity contribution in [3.05, 3.63) is 77.9 Å². The quantitative estimate of drug-likeness (QED) is 0.697. The SMILES string of the molecule is CC(c1ccccc1)c1cccc2cc(O)ccc12. The van der Waals surface area contributed by atoms with Crippen LogP contribution in [0.2, 0.25) is 0 Å². The maximum Gasteiger partial charge on any atom is 0.116 e. The molecule has 0 spiro atoms. The van der Waals surface area contributed by atoms with E-state index in [0.717, 1.165) is 5.39 Å². The molecular weight excluding hydrogens is 232 g/mol. The van der Waals surface area contributed by atoms with E-state index in [1.54, 1.807) is 6.07 Å². The summed E-state index contributed by atoms with van der Waals surface area (Å²) in [4.78, 5) is 0. The molecule has 0 aliphatic rings. The summed E-state index contributed by atoms with van der Waals surface area (Å²) in [6.45, 7) is 2.22. The predicted molar refractivity (Wildman–Crippen MR) is 79.6 cm³/mol. The standard InChI is InChI=1S/C18H16O/c1-13(14-6-3-2-4-7-14)17-9-5-8-15-12-16(19)10-11-18(15)17/h2-13,19H,1H3. The highest BCUT2D eigenvalue weighted by Crippen LogP contribution is 2.31. The van der Waals surface area contributed by atoms with Crippen molar-refractivity contribution in [2.75, 3.05) is 0 Å². The van der Waals surface area contributed by atoms with Crippen LogP contribution in [0.4, 0.5) is 0 Å². The average Bonchev–Trinajstić information content (AvgIpc) is 2.46. The molecular formula is C18H16O. The molecule has 1 heteroatoms. The monoisotopic (exact) mass is 248 g/mol. The van der Waals surface area contributed by atoms with Crippen molar-refractivity contribution in [2.45, 2.75) is 12.8 Å². The molecule has 3 aromatic rings. The van der Waals surface area contributed by atoms with Gasteiger partial charge < -0.3 is 5.11 Å². The molecule has 0 fully saturated rings. The van der Waals surface area contributed by atoms with E-state index in [0.29, 0.717) is 11.7 Å². The number of fused-ring (bicyclic) bond motifs is 1. The average molecular weight is 248 g/mol. The van der Waals surface area contributed by atoms with Gasteiger partial charge in [-0.2, -0.15) is 0 Å².